The molecule has 1 aromatic heterocycles. The Balaban J connectivity index is 1.85. The van der Waals surface area contributed by atoms with Crippen LogP contribution in [0.2, 0.25) is 0 Å². The number of hydrogen-bond acceptors (Lipinski definition) is 5. The van der Waals surface area contributed by atoms with Crippen LogP contribution < -0.4 is 10.0 Å². The van der Waals surface area contributed by atoms with Crippen molar-refractivity contribution in [1.82, 2.24) is 9.71 Å². The van der Waals surface area contributed by atoms with Crippen molar-refractivity contribution in [1.29, 1.82) is 0 Å². The van der Waals surface area contributed by atoms with Crippen LogP contribution in [0.5, 0.6) is 0 Å². The van der Waals surface area contributed by atoms with Gasteiger partial charge in [-0.1, -0.05) is 27.3 Å². The van der Waals surface area contributed by atoms with E-state index in [0.717, 1.165) is 26.1 Å². The molecule has 0 radical (unpaired) electrons. The fourth-order valence-electron chi connectivity index (χ4n) is 1.52. The molecule has 5 nitrogen and oxygen atoms in total. The van der Waals surface area contributed by atoms with Gasteiger partial charge in [0.15, 0.2) is 5.13 Å². The SMILES string of the molecule is CS(=O)(=O)NCCCNc1nc2cc(Br)ccc2s1. The lowest BCUT2D eigenvalue weighted by molar-refractivity contribution is 0.586. The summed E-state index contributed by atoms with van der Waals surface area (Å²) in [6.07, 6.45) is 1.87. The number of rotatable bonds is 6. The number of anilines is 1. The molecule has 2 rings (SSSR count). The Morgan fingerprint density at radius 2 is 2.16 bits per heavy atom. The molecule has 2 aromatic rings. The summed E-state index contributed by atoms with van der Waals surface area (Å²) in [6, 6.07) is 5.98. The molecular weight excluding hydrogens is 350 g/mol. The molecule has 1 heterocycles. The molecule has 0 saturated carbocycles. The van der Waals surface area contributed by atoms with Crippen LogP contribution in [-0.4, -0.2) is 32.7 Å². The van der Waals surface area contributed by atoms with Crippen molar-refractivity contribution in [3.63, 3.8) is 0 Å². The monoisotopic (exact) mass is 363 g/mol. The summed E-state index contributed by atoms with van der Waals surface area (Å²) < 4.78 is 26.3. The minimum atomic E-state index is -3.09. The maximum absolute atomic E-state index is 10.9. The number of hydrogen-bond donors (Lipinski definition) is 2. The molecule has 0 amide bonds. The molecule has 0 unspecified atom stereocenters. The fraction of sp³-hybridized carbons (Fsp3) is 0.364. The highest BCUT2D eigenvalue weighted by atomic mass is 79.9. The van der Waals surface area contributed by atoms with Gasteiger partial charge in [-0.3, -0.25) is 0 Å². The Morgan fingerprint density at radius 3 is 2.89 bits per heavy atom. The zero-order valence-electron chi connectivity index (χ0n) is 10.3. The van der Waals surface area contributed by atoms with Crippen LogP contribution in [0.4, 0.5) is 5.13 Å². The van der Waals surface area contributed by atoms with Crippen molar-refractivity contribution >= 4 is 52.6 Å². The van der Waals surface area contributed by atoms with Gasteiger partial charge in [0.2, 0.25) is 10.0 Å². The molecule has 0 aliphatic carbocycles. The molecule has 2 N–H and O–H groups in total. The first-order chi connectivity index (χ1) is 8.94. The summed E-state index contributed by atoms with van der Waals surface area (Å²) in [7, 11) is -3.09. The molecule has 0 saturated heterocycles. The minimum absolute atomic E-state index is 0.433. The molecule has 19 heavy (non-hydrogen) atoms. The van der Waals surface area contributed by atoms with Gasteiger partial charge in [-0.2, -0.15) is 0 Å². The number of thiazole rings is 1. The minimum Gasteiger partial charge on any atom is -0.361 e. The lowest BCUT2D eigenvalue weighted by Crippen LogP contribution is -2.24. The molecule has 8 heteroatoms. The van der Waals surface area contributed by atoms with Crippen LogP contribution in [-0.2, 0) is 10.0 Å². The van der Waals surface area contributed by atoms with Crippen LogP contribution in [0.3, 0.4) is 0 Å². The van der Waals surface area contributed by atoms with Crippen LogP contribution in [0.15, 0.2) is 22.7 Å². The van der Waals surface area contributed by atoms with E-state index in [-0.39, 0.29) is 0 Å². The molecule has 0 spiro atoms. The largest absolute Gasteiger partial charge is 0.361 e. The van der Waals surface area contributed by atoms with Crippen LogP contribution in [0.1, 0.15) is 6.42 Å². The molecule has 0 aliphatic rings. The van der Waals surface area contributed by atoms with Gasteiger partial charge >= 0.3 is 0 Å². The second-order valence-electron chi connectivity index (χ2n) is 4.08. The number of fused-ring (bicyclic) bond motifs is 1. The van der Waals surface area contributed by atoms with E-state index in [4.69, 9.17) is 0 Å². The maximum atomic E-state index is 10.9. The van der Waals surface area contributed by atoms with Crippen molar-refractivity contribution in [2.75, 3.05) is 24.7 Å². The van der Waals surface area contributed by atoms with E-state index in [0.29, 0.717) is 19.5 Å². The van der Waals surface area contributed by atoms with E-state index >= 15 is 0 Å². The zero-order chi connectivity index (χ0) is 13.9. The lowest BCUT2D eigenvalue weighted by atomic mass is 10.3. The highest BCUT2D eigenvalue weighted by Crippen LogP contribution is 2.27. The second kappa shape index (κ2) is 6.17. The van der Waals surface area contributed by atoms with E-state index in [9.17, 15) is 8.42 Å². The molecule has 0 atom stereocenters. The highest BCUT2D eigenvalue weighted by Gasteiger charge is 2.04. The molecule has 0 aliphatic heterocycles. The van der Waals surface area contributed by atoms with Crippen molar-refractivity contribution in [3.05, 3.63) is 22.7 Å². The standard InChI is InChI=1S/C11H14BrN3O2S2/c1-19(16,17)14-6-2-5-13-11-15-9-7-8(12)3-4-10(9)18-11/h3-4,7,14H,2,5-6H2,1H3,(H,13,15). The van der Waals surface area contributed by atoms with Crippen molar-refractivity contribution in [2.45, 2.75) is 6.42 Å². The molecule has 0 bridgehead atoms. The Kier molecular flexibility index (Phi) is 4.77. The lowest BCUT2D eigenvalue weighted by Gasteiger charge is -2.03. The molecule has 0 fully saturated rings. The Morgan fingerprint density at radius 1 is 1.37 bits per heavy atom. The number of sulfonamides is 1. The summed E-state index contributed by atoms with van der Waals surface area (Å²) in [6.45, 7) is 1.12. The maximum Gasteiger partial charge on any atom is 0.208 e. The van der Waals surface area contributed by atoms with Gasteiger partial charge in [0.25, 0.3) is 0 Å². The third-order valence-corrected chi connectivity index (χ3v) is 4.56. The highest BCUT2D eigenvalue weighted by molar-refractivity contribution is 9.10. The second-order valence-corrected chi connectivity index (χ2v) is 7.86. The molecule has 1 aromatic carbocycles. The molecule has 104 valence electrons. The Bertz CT molecular complexity index is 670. The van der Waals surface area contributed by atoms with Gasteiger partial charge in [-0.05, 0) is 24.6 Å². The predicted octanol–water partition coefficient (Wildman–Crippen LogP) is 2.41. The average molecular weight is 364 g/mol. The van der Waals surface area contributed by atoms with E-state index < -0.39 is 10.0 Å². The van der Waals surface area contributed by atoms with Crippen molar-refractivity contribution in [2.24, 2.45) is 0 Å². The quantitative estimate of drug-likeness (QED) is 0.773. The van der Waals surface area contributed by atoms with Crippen LogP contribution in [0.25, 0.3) is 10.2 Å². The first-order valence-corrected chi connectivity index (χ1v) is 9.19. The van der Waals surface area contributed by atoms with E-state index in [1.807, 2.05) is 18.2 Å². The number of benzene rings is 1. The topological polar surface area (TPSA) is 71.1 Å². The fourth-order valence-corrected chi connectivity index (χ4v) is 3.25. The zero-order valence-corrected chi connectivity index (χ0v) is 13.5. The van der Waals surface area contributed by atoms with Crippen LogP contribution >= 0.6 is 27.3 Å². The predicted molar refractivity (Wildman–Crippen MR) is 83.3 cm³/mol. The van der Waals surface area contributed by atoms with Crippen LogP contribution in [0, 0.1) is 0 Å². The summed E-state index contributed by atoms with van der Waals surface area (Å²) in [4.78, 5) is 4.46. The Hall–Kier alpha value is -0.700. The van der Waals surface area contributed by atoms with Gasteiger partial charge in [-0.15, -0.1) is 0 Å². The van der Waals surface area contributed by atoms with Gasteiger partial charge in [-0.25, -0.2) is 18.1 Å². The summed E-state index contributed by atoms with van der Waals surface area (Å²) in [5.41, 5.74) is 0.955. The van der Waals surface area contributed by atoms with Gasteiger partial charge in [0, 0.05) is 17.6 Å². The normalized spacial score (nSPS) is 11.9. The third-order valence-electron chi connectivity index (χ3n) is 2.34. The van der Waals surface area contributed by atoms with Gasteiger partial charge < -0.3 is 5.32 Å². The van der Waals surface area contributed by atoms with E-state index in [1.54, 1.807) is 11.3 Å². The third kappa shape index (κ3) is 4.72. The summed E-state index contributed by atoms with van der Waals surface area (Å²) in [5, 5.41) is 4.05. The molecular formula is C11H14BrN3O2S2. The number of halogens is 1. The first-order valence-electron chi connectivity index (χ1n) is 5.69. The Labute approximate surface area is 124 Å². The number of aromatic nitrogens is 1. The smallest absolute Gasteiger partial charge is 0.208 e. The number of nitrogens with one attached hydrogen (secondary N) is 2. The average Bonchev–Trinajstić information content (AvgIpc) is 2.68. The van der Waals surface area contributed by atoms with Gasteiger partial charge in [0.05, 0.1) is 16.5 Å². The van der Waals surface area contributed by atoms with E-state index in [2.05, 4.69) is 31.0 Å². The summed E-state index contributed by atoms with van der Waals surface area (Å²) >= 11 is 5.00. The first kappa shape index (κ1) is 14.7. The van der Waals surface area contributed by atoms with E-state index in [1.165, 1.54) is 0 Å². The van der Waals surface area contributed by atoms with Crippen molar-refractivity contribution in [3.8, 4) is 0 Å². The van der Waals surface area contributed by atoms with Crippen molar-refractivity contribution < 1.29 is 8.42 Å². The summed E-state index contributed by atoms with van der Waals surface area (Å²) in [5.74, 6) is 0. The number of nitrogens with zero attached hydrogens (tertiary/aromatic N) is 1. The van der Waals surface area contributed by atoms with Gasteiger partial charge in [0.1, 0.15) is 0 Å².